The van der Waals surface area contributed by atoms with E-state index in [0.717, 1.165) is 59.7 Å². The minimum Gasteiger partial charge on any atom is -0.302 e. The number of benzene rings is 2. The van der Waals surface area contributed by atoms with Crippen molar-refractivity contribution >= 4 is 29.5 Å². The van der Waals surface area contributed by atoms with Gasteiger partial charge in [-0.25, -0.2) is 0 Å². The van der Waals surface area contributed by atoms with Gasteiger partial charge in [0.1, 0.15) is 0 Å². The third-order valence-corrected chi connectivity index (χ3v) is 7.20. The summed E-state index contributed by atoms with van der Waals surface area (Å²) in [5, 5.41) is 0. The fraction of sp³-hybridized carbons (Fsp3) is 0.385. The van der Waals surface area contributed by atoms with Crippen LogP contribution in [0.4, 0.5) is 13.2 Å². The first-order valence-corrected chi connectivity index (χ1v) is 11.8. The second-order valence-electron chi connectivity index (χ2n) is 8.94. The lowest BCUT2D eigenvalue weighted by Gasteiger charge is -2.30. The van der Waals surface area contributed by atoms with Crippen LogP contribution < -0.4 is 0 Å². The van der Waals surface area contributed by atoms with Gasteiger partial charge in [0.05, 0.1) is 0 Å². The van der Waals surface area contributed by atoms with Gasteiger partial charge in [0, 0.05) is 24.5 Å². The fourth-order valence-corrected chi connectivity index (χ4v) is 5.33. The van der Waals surface area contributed by atoms with Crippen molar-refractivity contribution < 1.29 is 13.2 Å². The maximum Gasteiger partial charge on any atom is 0.446 e. The molecule has 162 valence electrons. The second-order valence-corrected chi connectivity index (χ2v) is 10.1. The normalized spacial score (nSPS) is 19.2. The maximum absolute atomic E-state index is 13.1. The van der Waals surface area contributed by atoms with Crippen LogP contribution in [0.2, 0.25) is 0 Å². The molecule has 0 aromatic heterocycles. The van der Waals surface area contributed by atoms with E-state index in [1.54, 1.807) is 12.1 Å². The Morgan fingerprint density at radius 3 is 2.23 bits per heavy atom. The van der Waals surface area contributed by atoms with Crippen molar-refractivity contribution in [3.63, 3.8) is 0 Å². The summed E-state index contributed by atoms with van der Waals surface area (Å²) in [7, 11) is 0. The molecule has 0 bridgehead atoms. The van der Waals surface area contributed by atoms with Gasteiger partial charge in [0.25, 0.3) is 0 Å². The highest BCUT2D eigenvalue weighted by Gasteiger charge is 2.31. The summed E-state index contributed by atoms with van der Waals surface area (Å²) in [6.45, 7) is 5.35. The average molecular weight is 442 g/mol. The molecule has 0 atom stereocenters. The summed E-state index contributed by atoms with van der Waals surface area (Å²) < 4.78 is 39.2. The summed E-state index contributed by atoms with van der Waals surface area (Å²) in [5.74, 6) is 0.877. The number of hydrogen-bond acceptors (Lipinski definition) is 2. The Labute approximate surface area is 186 Å². The van der Waals surface area contributed by atoms with Gasteiger partial charge in [-0.1, -0.05) is 47.6 Å². The molecule has 1 saturated heterocycles. The van der Waals surface area contributed by atoms with Gasteiger partial charge < -0.3 is 4.90 Å². The largest absolute Gasteiger partial charge is 0.446 e. The van der Waals surface area contributed by atoms with E-state index in [-0.39, 0.29) is 16.7 Å². The molecule has 2 aromatic rings. The van der Waals surface area contributed by atoms with Gasteiger partial charge in [-0.2, -0.15) is 13.2 Å². The highest BCUT2D eigenvalue weighted by atomic mass is 32.2. The van der Waals surface area contributed by atoms with Crippen molar-refractivity contribution in [2.45, 2.75) is 43.0 Å². The van der Waals surface area contributed by atoms with Crippen LogP contribution >= 0.6 is 11.8 Å². The number of alkyl halides is 3. The third-order valence-electron chi connectivity index (χ3n) is 6.47. The number of aryl methyl sites for hydroxylation is 1. The first kappa shape index (κ1) is 20.9. The molecule has 0 spiro atoms. The van der Waals surface area contributed by atoms with E-state index < -0.39 is 5.51 Å². The lowest BCUT2D eigenvalue weighted by molar-refractivity contribution is -0.0328. The summed E-state index contributed by atoms with van der Waals surface area (Å²) in [6, 6.07) is 11.6. The van der Waals surface area contributed by atoms with Crippen LogP contribution in [-0.4, -0.2) is 30.0 Å². The van der Waals surface area contributed by atoms with E-state index in [2.05, 4.69) is 36.1 Å². The number of fused-ring (bicyclic) bond motifs is 2. The van der Waals surface area contributed by atoms with Gasteiger partial charge in [0.2, 0.25) is 0 Å². The standard InChI is InChI=1S/C26H26F3NS/c1-17-2-5-19-6-7-20-8-9-22(31-26(27,28)29)15-24(20)25(23(19)14-17)21-10-12-30(13-11-21)16-18-3-4-18/h2,5-9,14-15,18H,3-4,10-13,16H2,1H3. The van der Waals surface area contributed by atoms with Crippen LogP contribution in [0.25, 0.3) is 17.7 Å². The van der Waals surface area contributed by atoms with Gasteiger partial charge in [0.15, 0.2) is 0 Å². The highest BCUT2D eigenvalue weighted by Crippen LogP contribution is 2.43. The molecule has 3 aliphatic rings. The quantitative estimate of drug-likeness (QED) is 0.390. The van der Waals surface area contributed by atoms with Crippen LogP contribution in [0.1, 0.15) is 53.5 Å². The summed E-state index contributed by atoms with van der Waals surface area (Å²) in [6.07, 6.45) is 8.81. The zero-order chi connectivity index (χ0) is 21.6. The monoisotopic (exact) mass is 441 g/mol. The molecule has 31 heavy (non-hydrogen) atoms. The maximum atomic E-state index is 13.1. The van der Waals surface area contributed by atoms with Crippen molar-refractivity contribution in [1.29, 1.82) is 0 Å². The smallest absolute Gasteiger partial charge is 0.302 e. The zero-order valence-electron chi connectivity index (χ0n) is 17.6. The Hall–Kier alpha value is -1.98. The number of nitrogens with zero attached hydrogens (tertiary/aromatic N) is 1. The van der Waals surface area contributed by atoms with E-state index in [9.17, 15) is 13.2 Å². The first-order chi connectivity index (χ1) is 14.9. The van der Waals surface area contributed by atoms with Crippen molar-refractivity contribution in [2.24, 2.45) is 5.92 Å². The van der Waals surface area contributed by atoms with Gasteiger partial charge in [-0.15, -0.1) is 0 Å². The van der Waals surface area contributed by atoms with Crippen molar-refractivity contribution in [2.75, 3.05) is 19.6 Å². The Kier molecular flexibility index (Phi) is 5.51. The Balaban J connectivity index is 1.59. The summed E-state index contributed by atoms with van der Waals surface area (Å²) in [4.78, 5) is 2.81. The topological polar surface area (TPSA) is 3.24 Å². The molecule has 0 radical (unpaired) electrons. The van der Waals surface area contributed by atoms with Crippen LogP contribution in [-0.2, 0) is 0 Å². The lowest BCUT2D eigenvalue weighted by atomic mass is 9.85. The van der Waals surface area contributed by atoms with Gasteiger partial charge in [-0.05, 0) is 90.2 Å². The number of rotatable bonds is 3. The first-order valence-electron chi connectivity index (χ1n) is 11.0. The van der Waals surface area contributed by atoms with Crippen LogP contribution in [0.3, 0.4) is 0 Å². The molecule has 0 N–H and O–H groups in total. The molecule has 1 heterocycles. The van der Waals surface area contributed by atoms with Gasteiger partial charge >= 0.3 is 5.51 Å². The number of halogens is 3. The predicted octanol–water partition coefficient (Wildman–Crippen LogP) is 7.40. The minimum absolute atomic E-state index is 0.0273. The molecule has 5 heteroatoms. The molecule has 0 amide bonds. The molecule has 1 nitrogen and oxygen atoms in total. The SMILES string of the molecule is Cc1ccc2c(c1)C(=C1CCN(CC3CC3)CC1)c1cc(SC(F)(F)F)ccc1C=C2. The van der Waals surface area contributed by atoms with E-state index in [1.807, 2.05) is 12.1 Å². The van der Waals surface area contributed by atoms with Crippen molar-refractivity contribution in [3.8, 4) is 0 Å². The molecular formula is C26H26F3NS. The Morgan fingerprint density at radius 2 is 1.58 bits per heavy atom. The number of piperidine rings is 1. The van der Waals surface area contributed by atoms with Crippen molar-refractivity contribution in [3.05, 3.63) is 69.8 Å². The van der Waals surface area contributed by atoms with Crippen LogP contribution in [0.15, 0.2) is 46.9 Å². The fourth-order valence-electron chi connectivity index (χ4n) is 4.75. The van der Waals surface area contributed by atoms with E-state index in [0.29, 0.717) is 0 Å². The Morgan fingerprint density at radius 1 is 0.935 bits per heavy atom. The highest BCUT2D eigenvalue weighted by molar-refractivity contribution is 8.00. The molecule has 1 saturated carbocycles. The minimum atomic E-state index is -4.29. The average Bonchev–Trinajstić information content (AvgIpc) is 3.54. The Bertz CT molecular complexity index is 1050. The van der Waals surface area contributed by atoms with E-state index in [4.69, 9.17) is 0 Å². The number of thioether (sulfide) groups is 1. The molecule has 2 fully saturated rings. The second kappa shape index (κ2) is 8.18. The van der Waals surface area contributed by atoms with E-state index in [1.165, 1.54) is 30.5 Å². The molecule has 2 aliphatic carbocycles. The van der Waals surface area contributed by atoms with E-state index >= 15 is 0 Å². The summed E-state index contributed by atoms with van der Waals surface area (Å²) in [5.41, 5.74) is 3.60. The van der Waals surface area contributed by atoms with Crippen molar-refractivity contribution in [1.82, 2.24) is 4.90 Å². The van der Waals surface area contributed by atoms with Crippen LogP contribution in [0, 0.1) is 12.8 Å². The molecule has 2 aromatic carbocycles. The molecule has 5 rings (SSSR count). The van der Waals surface area contributed by atoms with Crippen LogP contribution in [0.5, 0.6) is 0 Å². The lowest BCUT2D eigenvalue weighted by Crippen LogP contribution is -2.32. The molecule has 0 unspecified atom stereocenters. The third kappa shape index (κ3) is 4.78. The zero-order valence-corrected chi connectivity index (χ0v) is 18.5. The number of likely N-dealkylation sites (tertiary alicyclic amines) is 1. The summed E-state index contributed by atoms with van der Waals surface area (Å²) >= 11 is -0.0273. The number of hydrogen-bond donors (Lipinski definition) is 0. The molecule has 1 aliphatic heterocycles. The molecular weight excluding hydrogens is 415 g/mol. The predicted molar refractivity (Wildman–Crippen MR) is 123 cm³/mol. The van der Waals surface area contributed by atoms with Gasteiger partial charge in [-0.3, -0.25) is 0 Å².